The molecular weight excluding hydrogens is 258 g/mol. The summed E-state index contributed by atoms with van der Waals surface area (Å²) in [5, 5.41) is 0. The molecule has 104 valence electrons. The maximum atomic E-state index is 12.5. The van der Waals surface area contributed by atoms with Gasteiger partial charge in [0.1, 0.15) is 0 Å². The zero-order valence-electron chi connectivity index (χ0n) is 11.8. The first kappa shape index (κ1) is 14.4. The average Bonchev–Trinajstić information content (AvgIpc) is 2.37. The second kappa shape index (κ2) is 6.42. The zero-order valence-corrected chi connectivity index (χ0v) is 12.5. The fourth-order valence-corrected chi connectivity index (χ4v) is 3.23. The molecule has 1 aromatic rings. The molecule has 2 rings (SSSR count). The molecule has 0 aromatic heterocycles. The Balaban J connectivity index is 2.10. The van der Waals surface area contributed by atoms with Crippen LogP contribution in [0.2, 0.25) is 0 Å². The van der Waals surface area contributed by atoms with Gasteiger partial charge < -0.3 is 4.90 Å². The lowest BCUT2D eigenvalue weighted by Gasteiger charge is -2.32. The number of piperidine rings is 1. The average molecular weight is 280 g/mol. The molecule has 2 nitrogen and oxygen atoms in total. The van der Waals surface area contributed by atoms with Gasteiger partial charge in [-0.15, -0.1) is 11.6 Å². The highest BCUT2D eigenvalue weighted by molar-refractivity contribution is 6.17. The van der Waals surface area contributed by atoms with E-state index >= 15 is 0 Å². The molecule has 0 bridgehead atoms. The van der Waals surface area contributed by atoms with Gasteiger partial charge in [0, 0.05) is 24.5 Å². The molecule has 0 spiro atoms. The van der Waals surface area contributed by atoms with Crippen LogP contribution in [0, 0.1) is 19.8 Å². The standard InChI is InChI=1S/C16H22ClNO/c1-12-8-13(2)10-15(9-12)16(19)18-7-3-4-14(11-18)5-6-17/h8-10,14H,3-7,11H2,1-2H3. The molecule has 1 aliphatic rings. The number of carbonyl (C=O) groups is 1. The number of nitrogens with zero attached hydrogens (tertiary/aromatic N) is 1. The van der Waals surface area contributed by atoms with E-state index in [0.29, 0.717) is 11.8 Å². The van der Waals surface area contributed by atoms with Crippen LogP contribution in [-0.4, -0.2) is 29.8 Å². The number of benzene rings is 1. The Morgan fingerprint density at radius 3 is 2.63 bits per heavy atom. The lowest BCUT2D eigenvalue weighted by Crippen LogP contribution is -2.40. The lowest BCUT2D eigenvalue weighted by molar-refractivity contribution is 0.0671. The molecule has 1 atom stereocenters. The molecule has 1 saturated heterocycles. The van der Waals surface area contributed by atoms with Crippen LogP contribution in [0.3, 0.4) is 0 Å². The molecule has 3 heteroatoms. The summed E-state index contributed by atoms with van der Waals surface area (Å²) in [6.45, 7) is 5.82. The molecule has 1 aliphatic heterocycles. The number of amides is 1. The molecule has 1 unspecified atom stereocenters. The van der Waals surface area contributed by atoms with Crippen LogP contribution in [0.15, 0.2) is 18.2 Å². The second-order valence-electron chi connectivity index (χ2n) is 5.61. The maximum absolute atomic E-state index is 12.5. The molecule has 1 amide bonds. The van der Waals surface area contributed by atoms with Crippen LogP contribution >= 0.6 is 11.6 Å². The highest BCUT2D eigenvalue weighted by Gasteiger charge is 2.24. The summed E-state index contributed by atoms with van der Waals surface area (Å²) in [6, 6.07) is 6.07. The minimum Gasteiger partial charge on any atom is -0.338 e. The normalized spacial score (nSPS) is 19.5. The number of hydrogen-bond donors (Lipinski definition) is 0. The molecule has 0 N–H and O–H groups in total. The van der Waals surface area contributed by atoms with Crippen LogP contribution in [0.1, 0.15) is 40.7 Å². The number of alkyl halides is 1. The molecular formula is C16H22ClNO. The Bertz CT molecular complexity index is 436. The number of halogens is 1. The Labute approximate surface area is 120 Å². The minimum absolute atomic E-state index is 0.172. The summed E-state index contributed by atoms with van der Waals surface area (Å²) < 4.78 is 0. The van der Waals surface area contributed by atoms with Crippen LogP contribution < -0.4 is 0 Å². The fraction of sp³-hybridized carbons (Fsp3) is 0.562. The van der Waals surface area contributed by atoms with Gasteiger partial charge >= 0.3 is 0 Å². The van der Waals surface area contributed by atoms with E-state index in [9.17, 15) is 4.79 Å². The fourth-order valence-electron chi connectivity index (χ4n) is 2.92. The highest BCUT2D eigenvalue weighted by atomic mass is 35.5. The van der Waals surface area contributed by atoms with Gasteiger partial charge in [-0.05, 0) is 51.2 Å². The predicted molar refractivity (Wildman–Crippen MR) is 79.9 cm³/mol. The molecule has 0 saturated carbocycles. The van der Waals surface area contributed by atoms with E-state index in [1.807, 2.05) is 30.9 Å². The predicted octanol–water partition coefficient (Wildman–Crippen LogP) is 3.78. The number of carbonyl (C=O) groups excluding carboxylic acids is 1. The lowest BCUT2D eigenvalue weighted by atomic mass is 9.95. The Morgan fingerprint density at radius 1 is 1.32 bits per heavy atom. The molecule has 0 radical (unpaired) electrons. The van der Waals surface area contributed by atoms with Crippen molar-refractivity contribution in [3.63, 3.8) is 0 Å². The SMILES string of the molecule is Cc1cc(C)cc(C(=O)N2CCCC(CCCl)C2)c1. The van der Waals surface area contributed by atoms with Crippen molar-refractivity contribution in [2.75, 3.05) is 19.0 Å². The van der Waals surface area contributed by atoms with E-state index in [1.54, 1.807) is 0 Å². The van der Waals surface area contributed by atoms with E-state index < -0.39 is 0 Å². The van der Waals surface area contributed by atoms with Crippen molar-refractivity contribution in [2.45, 2.75) is 33.1 Å². The van der Waals surface area contributed by atoms with Gasteiger partial charge in [-0.1, -0.05) is 17.2 Å². The molecule has 1 fully saturated rings. The van der Waals surface area contributed by atoms with Gasteiger partial charge in [0.05, 0.1) is 0 Å². The summed E-state index contributed by atoms with van der Waals surface area (Å²) >= 11 is 5.82. The van der Waals surface area contributed by atoms with Crippen LogP contribution in [0.4, 0.5) is 0 Å². The van der Waals surface area contributed by atoms with Crippen molar-refractivity contribution in [1.29, 1.82) is 0 Å². The molecule has 1 heterocycles. The van der Waals surface area contributed by atoms with Gasteiger partial charge in [-0.3, -0.25) is 4.79 Å². The second-order valence-corrected chi connectivity index (χ2v) is 5.99. The van der Waals surface area contributed by atoms with Gasteiger partial charge in [0.25, 0.3) is 5.91 Å². The van der Waals surface area contributed by atoms with E-state index in [1.165, 1.54) is 6.42 Å². The van der Waals surface area contributed by atoms with E-state index in [4.69, 9.17) is 11.6 Å². The Hall–Kier alpha value is -1.02. The first-order chi connectivity index (χ1) is 9.10. The number of likely N-dealkylation sites (tertiary alicyclic amines) is 1. The third-order valence-corrected chi connectivity index (χ3v) is 4.01. The van der Waals surface area contributed by atoms with Crippen molar-refractivity contribution < 1.29 is 4.79 Å². The van der Waals surface area contributed by atoms with Gasteiger partial charge in [-0.2, -0.15) is 0 Å². The van der Waals surface area contributed by atoms with Gasteiger partial charge in [-0.25, -0.2) is 0 Å². The molecule has 1 aromatic carbocycles. The van der Waals surface area contributed by atoms with Crippen molar-refractivity contribution in [3.05, 3.63) is 34.9 Å². The third kappa shape index (κ3) is 3.73. The minimum atomic E-state index is 0.172. The number of aryl methyl sites for hydroxylation is 2. The summed E-state index contributed by atoms with van der Waals surface area (Å²) in [7, 11) is 0. The van der Waals surface area contributed by atoms with Crippen molar-refractivity contribution in [3.8, 4) is 0 Å². The summed E-state index contributed by atoms with van der Waals surface area (Å²) in [6.07, 6.45) is 3.31. The Kier molecular flexibility index (Phi) is 4.87. The summed E-state index contributed by atoms with van der Waals surface area (Å²) in [5.41, 5.74) is 3.12. The summed E-state index contributed by atoms with van der Waals surface area (Å²) in [4.78, 5) is 14.5. The van der Waals surface area contributed by atoms with Crippen LogP contribution in [0.5, 0.6) is 0 Å². The monoisotopic (exact) mass is 279 g/mol. The van der Waals surface area contributed by atoms with E-state index in [2.05, 4.69) is 6.07 Å². The highest BCUT2D eigenvalue weighted by Crippen LogP contribution is 2.22. The van der Waals surface area contributed by atoms with Crippen LogP contribution in [0.25, 0.3) is 0 Å². The quantitative estimate of drug-likeness (QED) is 0.771. The first-order valence-corrected chi connectivity index (χ1v) is 7.57. The largest absolute Gasteiger partial charge is 0.338 e. The first-order valence-electron chi connectivity index (χ1n) is 7.03. The Morgan fingerprint density at radius 2 is 2.00 bits per heavy atom. The zero-order chi connectivity index (χ0) is 13.8. The smallest absolute Gasteiger partial charge is 0.253 e. The molecule has 0 aliphatic carbocycles. The van der Waals surface area contributed by atoms with Crippen molar-refractivity contribution in [1.82, 2.24) is 4.90 Å². The summed E-state index contributed by atoms with van der Waals surface area (Å²) in [5.74, 6) is 1.43. The third-order valence-electron chi connectivity index (χ3n) is 3.79. The van der Waals surface area contributed by atoms with Gasteiger partial charge in [0.2, 0.25) is 0 Å². The van der Waals surface area contributed by atoms with Crippen molar-refractivity contribution in [2.24, 2.45) is 5.92 Å². The van der Waals surface area contributed by atoms with E-state index in [-0.39, 0.29) is 5.91 Å². The molecule has 19 heavy (non-hydrogen) atoms. The van der Waals surface area contributed by atoms with Gasteiger partial charge in [0.15, 0.2) is 0 Å². The number of hydrogen-bond acceptors (Lipinski definition) is 1. The van der Waals surface area contributed by atoms with E-state index in [0.717, 1.165) is 42.6 Å². The maximum Gasteiger partial charge on any atom is 0.253 e. The van der Waals surface area contributed by atoms with Crippen LogP contribution in [-0.2, 0) is 0 Å². The topological polar surface area (TPSA) is 20.3 Å². The van der Waals surface area contributed by atoms with Crippen molar-refractivity contribution >= 4 is 17.5 Å². The number of rotatable bonds is 3.